The first-order valence-electron chi connectivity index (χ1n) is 9.84. The molecule has 1 aromatic heterocycles. The van der Waals surface area contributed by atoms with Crippen LogP contribution in [-0.2, 0) is 15.1 Å². The summed E-state index contributed by atoms with van der Waals surface area (Å²) in [5.41, 5.74) is 9.37. The normalized spacial score (nSPS) is 23.9. The average molecular weight is 372 g/mol. The number of nitrogens with zero attached hydrogens (tertiary/aromatic N) is 2. The van der Waals surface area contributed by atoms with Crippen molar-refractivity contribution in [1.29, 1.82) is 0 Å². The highest BCUT2D eigenvalue weighted by Gasteiger charge is 2.83. The highest BCUT2D eigenvalue weighted by molar-refractivity contribution is 5.88. The van der Waals surface area contributed by atoms with Gasteiger partial charge in [-0.25, -0.2) is 0 Å². The Kier molecular flexibility index (Phi) is 2.99. The number of rotatable bonds is 2. The first-order valence-corrected chi connectivity index (χ1v) is 9.84. The van der Waals surface area contributed by atoms with E-state index in [4.69, 9.17) is 9.68 Å². The number of hydrogen-bond donors (Lipinski definition) is 0. The molecule has 0 bridgehead atoms. The number of benzene rings is 2. The Morgan fingerprint density at radius 3 is 2.43 bits per heavy atom. The average Bonchev–Trinajstić information content (AvgIpc) is 3.36. The van der Waals surface area contributed by atoms with Gasteiger partial charge in [-0.05, 0) is 28.3 Å². The maximum Gasteiger partial charge on any atom is 0.409 e. The summed E-state index contributed by atoms with van der Waals surface area (Å²) in [6, 6.07) is 20.0. The predicted molar refractivity (Wildman–Crippen MR) is 106 cm³/mol. The van der Waals surface area contributed by atoms with E-state index >= 15 is 0 Å². The Balaban J connectivity index is 1.72. The molecule has 2 unspecified atom stereocenters. The molecule has 3 aliphatic rings. The molecule has 2 aliphatic heterocycles. The van der Waals surface area contributed by atoms with Crippen LogP contribution < -0.4 is 4.57 Å². The highest BCUT2D eigenvalue weighted by atomic mass is 17.0. The van der Waals surface area contributed by atoms with Crippen LogP contribution in [0.5, 0.6) is 0 Å². The molecule has 2 aromatic carbocycles. The maximum atomic E-state index is 5.89. The molecule has 2 atom stereocenters. The van der Waals surface area contributed by atoms with Crippen molar-refractivity contribution in [2.75, 3.05) is 14.2 Å². The molecule has 0 saturated carbocycles. The van der Waals surface area contributed by atoms with Crippen LogP contribution in [0.3, 0.4) is 0 Å². The molecular formula is C24H24N2O2+2. The summed E-state index contributed by atoms with van der Waals surface area (Å²) in [6.45, 7) is 4.69. The second-order valence-electron chi connectivity index (χ2n) is 8.48. The Morgan fingerprint density at radius 1 is 0.893 bits per heavy atom. The van der Waals surface area contributed by atoms with Gasteiger partial charge in [0.05, 0.1) is 19.8 Å². The number of pyridine rings is 1. The summed E-state index contributed by atoms with van der Waals surface area (Å²) < 4.78 is 2.33. The fourth-order valence-corrected chi connectivity index (χ4v) is 5.79. The Bertz CT molecular complexity index is 1150. The van der Waals surface area contributed by atoms with E-state index in [9.17, 15) is 0 Å². The second kappa shape index (κ2) is 5.09. The van der Waals surface area contributed by atoms with E-state index in [-0.39, 0.29) is 22.4 Å². The topological polar surface area (TPSA) is 22.3 Å². The molecule has 6 rings (SSSR count). The van der Waals surface area contributed by atoms with E-state index in [0.29, 0.717) is 0 Å². The van der Waals surface area contributed by atoms with Crippen LogP contribution in [0, 0.1) is 0 Å². The van der Waals surface area contributed by atoms with Gasteiger partial charge in [-0.2, -0.15) is 9.68 Å². The van der Waals surface area contributed by atoms with E-state index in [2.05, 4.69) is 79.2 Å². The van der Waals surface area contributed by atoms with Crippen molar-refractivity contribution in [3.8, 4) is 22.4 Å². The van der Waals surface area contributed by atoms with Crippen molar-refractivity contribution in [3.63, 3.8) is 0 Å². The maximum absolute atomic E-state index is 5.89. The lowest BCUT2D eigenvalue weighted by Gasteiger charge is -2.25. The lowest BCUT2D eigenvalue weighted by atomic mass is 9.77. The zero-order chi connectivity index (χ0) is 19.3. The van der Waals surface area contributed by atoms with Gasteiger partial charge in [0.1, 0.15) is 0 Å². The minimum atomic E-state index is -0.0531. The van der Waals surface area contributed by atoms with Crippen LogP contribution in [0.4, 0.5) is 0 Å². The minimum absolute atomic E-state index is 0.0531. The first-order chi connectivity index (χ1) is 13.6. The first kappa shape index (κ1) is 16.4. The van der Waals surface area contributed by atoms with E-state index in [1.165, 1.54) is 39.1 Å². The van der Waals surface area contributed by atoms with Crippen LogP contribution in [0.25, 0.3) is 22.4 Å². The number of hydrogen-bond acceptors (Lipinski definition) is 2. The van der Waals surface area contributed by atoms with Crippen molar-refractivity contribution in [1.82, 2.24) is 0 Å². The summed E-state index contributed by atoms with van der Waals surface area (Å²) in [4.78, 5) is 12.0. The molecule has 1 fully saturated rings. The van der Waals surface area contributed by atoms with E-state index in [1.54, 1.807) is 14.2 Å². The summed E-state index contributed by atoms with van der Waals surface area (Å²) in [5, 5.41) is 0. The van der Waals surface area contributed by atoms with Crippen molar-refractivity contribution < 1.29 is 19.1 Å². The Hall–Kier alpha value is -2.53. The minimum Gasteiger partial charge on any atom is -0.164 e. The van der Waals surface area contributed by atoms with E-state index in [0.717, 1.165) is 0 Å². The molecule has 0 amide bonds. The van der Waals surface area contributed by atoms with Crippen LogP contribution in [-0.4, -0.2) is 19.0 Å². The number of hydroxylamine groups is 4. The summed E-state index contributed by atoms with van der Waals surface area (Å²) in [6.07, 6.45) is 2.27. The van der Waals surface area contributed by atoms with Gasteiger partial charge in [0.25, 0.3) is 0 Å². The zero-order valence-electron chi connectivity index (χ0n) is 16.6. The molecule has 3 aromatic rings. The standard InChI is InChI=1S/C24H24N2O2/c1-24(2)18-10-6-5-9-15(18)16-12-13-17-20(21(16)24)19-11-7-8-14-25(19)23-22(17)26(23,27-3)28-4/h5-14,22-23H,1-4H3/q+2. The fraction of sp³-hybridized carbons (Fsp3) is 0.292. The summed E-state index contributed by atoms with van der Waals surface area (Å²) >= 11 is 0. The third kappa shape index (κ3) is 1.66. The molecule has 28 heavy (non-hydrogen) atoms. The number of fused-ring (bicyclic) bond motifs is 10. The molecule has 4 nitrogen and oxygen atoms in total. The largest absolute Gasteiger partial charge is 0.409 e. The van der Waals surface area contributed by atoms with E-state index in [1.807, 2.05) is 0 Å². The fourth-order valence-electron chi connectivity index (χ4n) is 5.79. The van der Waals surface area contributed by atoms with Crippen LogP contribution >= 0.6 is 0 Å². The molecule has 0 N–H and O–H groups in total. The lowest BCUT2D eigenvalue weighted by molar-refractivity contribution is -1.21. The Morgan fingerprint density at radius 2 is 1.64 bits per heavy atom. The molecular weight excluding hydrogens is 348 g/mol. The second-order valence-corrected chi connectivity index (χ2v) is 8.48. The zero-order valence-corrected chi connectivity index (χ0v) is 16.6. The molecule has 0 spiro atoms. The SMILES string of the molecule is CO[N+]1(OC)C2c3ccc4c(c3-c3cccc[n+]3C21)C(C)(C)c1ccccc1-4. The summed E-state index contributed by atoms with van der Waals surface area (Å²) in [7, 11) is 3.47. The third-order valence-electron chi connectivity index (χ3n) is 7.02. The Labute approximate surface area is 165 Å². The molecule has 3 heterocycles. The number of aromatic nitrogens is 1. The molecule has 1 aliphatic carbocycles. The predicted octanol–water partition coefficient (Wildman–Crippen LogP) is 4.45. The molecule has 4 heteroatoms. The quantitative estimate of drug-likeness (QED) is 0.377. The van der Waals surface area contributed by atoms with Gasteiger partial charge < -0.3 is 0 Å². The van der Waals surface area contributed by atoms with Gasteiger partial charge in [0.2, 0.25) is 5.69 Å². The van der Waals surface area contributed by atoms with Crippen LogP contribution in [0.2, 0.25) is 0 Å². The molecule has 0 radical (unpaired) electrons. The molecule has 1 saturated heterocycles. The van der Waals surface area contributed by atoms with Crippen LogP contribution in [0.15, 0.2) is 60.8 Å². The van der Waals surface area contributed by atoms with Gasteiger partial charge in [-0.3, -0.25) is 0 Å². The summed E-state index contributed by atoms with van der Waals surface area (Å²) in [5.74, 6) is 0. The van der Waals surface area contributed by atoms with Crippen molar-refractivity contribution in [3.05, 3.63) is 77.5 Å². The van der Waals surface area contributed by atoms with Crippen molar-refractivity contribution >= 4 is 0 Å². The van der Waals surface area contributed by atoms with E-state index < -0.39 is 0 Å². The highest BCUT2D eigenvalue weighted by Crippen LogP contribution is 2.64. The van der Waals surface area contributed by atoms with Gasteiger partial charge in [0.15, 0.2) is 6.20 Å². The van der Waals surface area contributed by atoms with Gasteiger partial charge in [-0.1, -0.05) is 50.2 Å². The monoisotopic (exact) mass is 372 g/mol. The third-order valence-corrected chi connectivity index (χ3v) is 7.02. The van der Waals surface area contributed by atoms with Gasteiger partial charge >= 0.3 is 12.2 Å². The van der Waals surface area contributed by atoms with Gasteiger partial charge in [-0.15, -0.1) is 4.57 Å². The lowest BCUT2D eigenvalue weighted by Crippen LogP contribution is -2.42. The smallest absolute Gasteiger partial charge is 0.164 e. The van der Waals surface area contributed by atoms with Crippen molar-refractivity contribution in [2.45, 2.75) is 31.5 Å². The van der Waals surface area contributed by atoms with Crippen LogP contribution in [0.1, 0.15) is 42.7 Å². The number of quaternary nitrogens is 1. The van der Waals surface area contributed by atoms with Gasteiger partial charge in [0, 0.05) is 27.9 Å². The molecule has 140 valence electrons. The van der Waals surface area contributed by atoms with Crippen molar-refractivity contribution in [2.24, 2.45) is 0 Å².